The highest BCUT2D eigenvalue weighted by atomic mass is 16.6. The molecular weight excluding hydrogens is 444 g/mol. The van der Waals surface area contributed by atoms with E-state index < -0.39 is 11.6 Å². The number of carbonyl (C=O) groups is 1. The van der Waals surface area contributed by atoms with Gasteiger partial charge in [0.05, 0.1) is 17.6 Å². The van der Waals surface area contributed by atoms with E-state index in [-0.39, 0.29) is 18.3 Å². The minimum absolute atomic E-state index is 0.109. The van der Waals surface area contributed by atoms with Crippen molar-refractivity contribution >= 4 is 28.5 Å². The fourth-order valence-electron chi connectivity index (χ4n) is 3.71. The SMILES string of the molecule is CC(C)(C)C(/N=C(/NC#N)Nc1cccc2ncccc12)NC(=O)Cc1cccc2c1OCCO2. The van der Waals surface area contributed by atoms with Crippen molar-refractivity contribution < 1.29 is 14.3 Å². The number of benzene rings is 2. The van der Waals surface area contributed by atoms with Crippen molar-refractivity contribution in [3.05, 3.63) is 60.3 Å². The van der Waals surface area contributed by atoms with Gasteiger partial charge < -0.3 is 20.1 Å². The standard InChI is InChI=1S/C26H28N6O3/c1-26(2,3)24(31-22(33)15-17-7-4-11-21-23(17)35-14-13-34-21)32-25(29-16-27)30-20-10-5-9-19-18(20)8-6-12-28-19/h4-12,24H,13-15H2,1-3H3,(H,31,33)(H2,29,30,32). The Kier molecular flexibility index (Phi) is 7.01. The number of hydrogen-bond donors (Lipinski definition) is 3. The quantitative estimate of drug-likeness (QED) is 0.225. The van der Waals surface area contributed by atoms with Gasteiger partial charge in [-0.25, -0.2) is 4.99 Å². The molecule has 180 valence electrons. The lowest BCUT2D eigenvalue weighted by Crippen LogP contribution is -2.45. The minimum Gasteiger partial charge on any atom is -0.486 e. The zero-order valence-electron chi connectivity index (χ0n) is 20.0. The number of aliphatic imine (C=N–C) groups is 1. The van der Waals surface area contributed by atoms with Gasteiger partial charge in [0.15, 0.2) is 17.7 Å². The average molecular weight is 473 g/mol. The Morgan fingerprint density at radius 1 is 1.14 bits per heavy atom. The van der Waals surface area contributed by atoms with E-state index in [0.717, 1.165) is 22.2 Å². The molecule has 3 N–H and O–H groups in total. The van der Waals surface area contributed by atoms with E-state index in [0.29, 0.717) is 24.7 Å². The predicted molar refractivity (Wildman–Crippen MR) is 134 cm³/mol. The van der Waals surface area contributed by atoms with Crippen LogP contribution in [0.25, 0.3) is 10.9 Å². The average Bonchev–Trinajstić information content (AvgIpc) is 2.84. The van der Waals surface area contributed by atoms with Crippen LogP contribution in [-0.2, 0) is 11.2 Å². The Hall–Kier alpha value is -4.32. The fourth-order valence-corrected chi connectivity index (χ4v) is 3.71. The van der Waals surface area contributed by atoms with Crippen LogP contribution in [0.2, 0.25) is 0 Å². The van der Waals surface area contributed by atoms with Crippen LogP contribution in [0.5, 0.6) is 11.5 Å². The molecule has 0 fully saturated rings. The molecule has 1 atom stereocenters. The molecule has 2 aromatic carbocycles. The van der Waals surface area contributed by atoms with Crippen molar-refractivity contribution in [3.63, 3.8) is 0 Å². The zero-order valence-corrected chi connectivity index (χ0v) is 20.0. The van der Waals surface area contributed by atoms with Crippen LogP contribution in [0.3, 0.4) is 0 Å². The van der Waals surface area contributed by atoms with E-state index in [4.69, 9.17) is 9.47 Å². The lowest BCUT2D eigenvalue weighted by Gasteiger charge is -2.29. The van der Waals surface area contributed by atoms with E-state index in [1.54, 1.807) is 6.20 Å². The van der Waals surface area contributed by atoms with E-state index in [9.17, 15) is 10.1 Å². The van der Waals surface area contributed by atoms with Crippen molar-refractivity contribution in [1.29, 1.82) is 5.26 Å². The van der Waals surface area contributed by atoms with E-state index in [1.165, 1.54) is 0 Å². The second kappa shape index (κ2) is 10.3. The highest BCUT2D eigenvalue weighted by Gasteiger charge is 2.27. The van der Waals surface area contributed by atoms with Gasteiger partial charge in [-0.05, 0) is 30.3 Å². The maximum absolute atomic E-state index is 13.0. The maximum atomic E-state index is 13.0. The summed E-state index contributed by atoms with van der Waals surface area (Å²) >= 11 is 0. The summed E-state index contributed by atoms with van der Waals surface area (Å²) in [6, 6.07) is 15.0. The van der Waals surface area contributed by atoms with E-state index in [2.05, 4.69) is 25.9 Å². The zero-order chi connectivity index (χ0) is 24.8. The van der Waals surface area contributed by atoms with Gasteiger partial charge in [-0.3, -0.25) is 15.1 Å². The molecule has 3 aromatic rings. The highest BCUT2D eigenvalue weighted by molar-refractivity contribution is 6.02. The Morgan fingerprint density at radius 2 is 1.94 bits per heavy atom. The van der Waals surface area contributed by atoms with Gasteiger partial charge in [0.25, 0.3) is 0 Å². The molecule has 9 heteroatoms. The molecule has 4 rings (SSSR count). The molecule has 1 aliphatic heterocycles. The number of pyridine rings is 1. The van der Waals surface area contributed by atoms with Gasteiger partial charge in [0.1, 0.15) is 19.4 Å². The predicted octanol–water partition coefficient (Wildman–Crippen LogP) is 3.58. The van der Waals surface area contributed by atoms with Crippen LogP contribution in [0.15, 0.2) is 59.7 Å². The molecule has 0 saturated heterocycles. The second-order valence-corrected chi connectivity index (χ2v) is 9.17. The molecule has 1 unspecified atom stereocenters. The summed E-state index contributed by atoms with van der Waals surface area (Å²) in [5, 5.41) is 19.0. The van der Waals surface area contributed by atoms with E-state index >= 15 is 0 Å². The number of anilines is 1. The summed E-state index contributed by atoms with van der Waals surface area (Å²) in [6.07, 6.45) is 3.13. The molecular formula is C26H28N6O3. The topological polar surface area (TPSA) is 121 Å². The fraction of sp³-hybridized carbons (Fsp3) is 0.308. The number of hydrogen-bond acceptors (Lipinski definition) is 6. The first-order valence-corrected chi connectivity index (χ1v) is 11.4. The van der Waals surface area contributed by atoms with Gasteiger partial charge in [-0.1, -0.05) is 39.0 Å². The highest BCUT2D eigenvalue weighted by Crippen LogP contribution is 2.34. The van der Waals surface area contributed by atoms with Gasteiger partial charge in [-0.2, -0.15) is 5.26 Å². The molecule has 0 aliphatic carbocycles. The van der Waals surface area contributed by atoms with Gasteiger partial charge in [0.2, 0.25) is 11.9 Å². The first kappa shape index (κ1) is 23.8. The molecule has 0 saturated carbocycles. The lowest BCUT2D eigenvalue weighted by atomic mass is 9.92. The number of amides is 1. The summed E-state index contributed by atoms with van der Waals surface area (Å²) in [6.45, 7) is 6.83. The summed E-state index contributed by atoms with van der Waals surface area (Å²) in [4.78, 5) is 22.1. The molecule has 2 heterocycles. The molecule has 0 bridgehead atoms. The number of ether oxygens (including phenoxy) is 2. The smallest absolute Gasteiger partial charge is 0.226 e. The number of carbonyl (C=O) groups excluding carboxylic acids is 1. The second-order valence-electron chi connectivity index (χ2n) is 9.17. The van der Waals surface area contributed by atoms with Crippen LogP contribution >= 0.6 is 0 Å². The third kappa shape index (κ3) is 5.79. The number of rotatable bonds is 5. The van der Waals surface area contributed by atoms with Gasteiger partial charge in [-0.15, -0.1) is 0 Å². The number of nitrogens with zero attached hydrogens (tertiary/aromatic N) is 3. The van der Waals surface area contributed by atoms with Crippen molar-refractivity contribution in [3.8, 4) is 17.7 Å². The number of para-hydroxylation sites is 1. The van der Waals surface area contributed by atoms with Crippen molar-refractivity contribution in [1.82, 2.24) is 15.6 Å². The number of nitrogens with one attached hydrogen (secondary N) is 3. The lowest BCUT2D eigenvalue weighted by molar-refractivity contribution is -0.121. The largest absolute Gasteiger partial charge is 0.486 e. The first-order chi connectivity index (χ1) is 16.8. The van der Waals surface area contributed by atoms with Crippen LogP contribution < -0.4 is 25.4 Å². The molecule has 1 aromatic heterocycles. The Balaban J connectivity index is 1.56. The molecule has 0 radical (unpaired) electrons. The summed E-state index contributed by atoms with van der Waals surface area (Å²) < 4.78 is 11.3. The van der Waals surface area contributed by atoms with Crippen LogP contribution in [-0.4, -0.2) is 36.2 Å². The Morgan fingerprint density at radius 3 is 2.74 bits per heavy atom. The normalized spacial score (nSPS) is 14.1. The van der Waals surface area contributed by atoms with Crippen LogP contribution in [0, 0.1) is 16.9 Å². The third-order valence-corrected chi connectivity index (χ3v) is 5.45. The third-order valence-electron chi connectivity index (χ3n) is 5.45. The minimum atomic E-state index is -0.622. The van der Waals surface area contributed by atoms with Crippen molar-refractivity contribution in [2.24, 2.45) is 10.4 Å². The monoisotopic (exact) mass is 472 g/mol. The molecule has 1 amide bonds. The van der Waals surface area contributed by atoms with E-state index in [1.807, 2.05) is 75.5 Å². The summed E-state index contributed by atoms with van der Waals surface area (Å²) in [7, 11) is 0. The van der Waals surface area contributed by atoms with Gasteiger partial charge >= 0.3 is 0 Å². The molecule has 1 aliphatic rings. The number of guanidine groups is 1. The first-order valence-electron chi connectivity index (χ1n) is 11.4. The Bertz CT molecular complexity index is 1290. The molecule has 9 nitrogen and oxygen atoms in total. The molecule has 35 heavy (non-hydrogen) atoms. The van der Waals surface area contributed by atoms with Crippen molar-refractivity contribution in [2.45, 2.75) is 33.4 Å². The van der Waals surface area contributed by atoms with Crippen molar-refractivity contribution in [2.75, 3.05) is 18.5 Å². The summed E-state index contributed by atoms with van der Waals surface area (Å²) in [5.41, 5.74) is 1.86. The number of nitriles is 1. The Labute approximate surface area is 204 Å². The van der Waals surface area contributed by atoms with Crippen LogP contribution in [0.1, 0.15) is 26.3 Å². The number of aromatic nitrogens is 1. The van der Waals surface area contributed by atoms with Gasteiger partial charge in [0, 0.05) is 22.6 Å². The molecule has 0 spiro atoms. The summed E-state index contributed by atoms with van der Waals surface area (Å²) in [5.74, 6) is 1.24. The number of fused-ring (bicyclic) bond motifs is 2. The maximum Gasteiger partial charge on any atom is 0.226 e. The van der Waals surface area contributed by atoms with Crippen LogP contribution in [0.4, 0.5) is 5.69 Å².